The second kappa shape index (κ2) is 4.27. The Balaban J connectivity index is 2.68. The lowest BCUT2D eigenvalue weighted by atomic mass is 10.2. The Kier molecular flexibility index (Phi) is 2.98. The van der Waals surface area contributed by atoms with Crippen LogP contribution >= 0.6 is 15.9 Å². The van der Waals surface area contributed by atoms with Gasteiger partial charge in [0.05, 0.1) is 13.7 Å². The number of hydrogen-bond donors (Lipinski definition) is 1. The average Bonchev–Trinajstić information content (AvgIpc) is 2.74. The van der Waals surface area contributed by atoms with Crippen molar-refractivity contribution in [3.63, 3.8) is 0 Å². The Morgan fingerprint density at radius 2 is 2.31 bits per heavy atom. The third-order valence-corrected chi connectivity index (χ3v) is 2.97. The number of carbonyl (C=O) groups is 1. The predicted molar refractivity (Wildman–Crippen MR) is 63.9 cm³/mol. The number of nitrogens with two attached hydrogens (primary N) is 1. The molecule has 0 bridgehead atoms. The highest BCUT2D eigenvalue weighted by Crippen LogP contribution is 2.34. The molecule has 0 radical (unpaired) electrons. The molecule has 1 aromatic heterocycles. The zero-order chi connectivity index (χ0) is 11.7. The van der Waals surface area contributed by atoms with Crippen LogP contribution in [-0.4, -0.2) is 19.4 Å². The van der Waals surface area contributed by atoms with Crippen LogP contribution in [0, 0.1) is 0 Å². The van der Waals surface area contributed by atoms with Crippen LogP contribution in [0.1, 0.15) is 10.6 Å². The van der Waals surface area contributed by atoms with Crippen LogP contribution in [0.2, 0.25) is 0 Å². The van der Waals surface area contributed by atoms with Crippen molar-refractivity contribution in [1.29, 1.82) is 0 Å². The minimum absolute atomic E-state index is 0.0697. The Hall–Kier alpha value is -1.33. The van der Waals surface area contributed by atoms with E-state index in [9.17, 15) is 4.79 Å². The molecule has 0 atom stereocenters. The molecule has 0 aliphatic rings. The van der Waals surface area contributed by atoms with E-state index in [1.165, 1.54) is 0 Å². The zero-order valence-corrected chi connectivity index (χ0v) is 10.2. The Morgan fingerprint density at radius 3 is 2.94 bits per heavy atom. The number of ketones is 1. The van der Waals surface area contributed by atoms with Gasteiger partial charge in [0.2, 0.25) is 5.78 Å². The van der Waals surface area contributed by atoms with Crippen LogP contribution in [0.25, 0.3) is 11.0 Å². The zero-order valence-electron chi connectivity index (χ0n) is 8.62. The van der Waals surface area contributed by atoms with Gasteiger partial charge in [0.15, 0.2) is 17.1 Å². The van der Waals surface area contributed by atoms with Crippen molar-refractivity contribution in [3.05, 3.63) is 28.4 Å². The molecule has 0 amide bonds. The van der Waals surface area contributed by atoms with Crippen molar-refractivity contribution in [2.24, 2.45) is 5.73 Å². The van der Waals surface area contributed by atoms with Gasteiger partial charge in [-0.15, -0.1) is 0 Å². The first kappa shape index (κ1) is 11.2. The summed E-state index contributed by atoms with van der Waals surface area (Å²) in [5.41, 5.74) is 5.83. The normalized spacial score (nSPS) is 10.7. The second-order valence-corrected chi connectivity index (χ2v) is 4.08. The first-order valence-corrected chi connectivity index (χ1v) is 5.46. The summed E-state index contributed by atoms with van der Waals surface area (Å²) in [6.45, 7) is -0.0697. The van der Waals surface area contributed by atoms with E-state index in [4.69, 9.17) is 14.9 Å². The summed E-state index contributed by atoms with van der Waals surface area (Å²) in [5.74, 6) is 0.613. The van der Waals surface area contributed by atoms with E-state index in [0.29, 0.717) is 11.3 Å². The van der Waals surface area contributed by atoms with Crippen molar-refractivity contribution < 1.29 is 13.9 Å². The second-order valence-electron chi connectivity index (χ2n) is 3.23. The number of furan rings is 1. The molecule has 5 heteroatoms. The topological polar surface area (TPSA) is 65.5 Å². The standard InChI is InChI=1S/C11H10BrNO3/c1-15-9-3-2-7(12)6-4-10(8(14)5-13)16-11(6)9/h2-4H,5,13H2,1H3. The van der Waals surface area contributed by atoms with E-state index in [1.54, 1.807) is 19.2 Å². The summed E-state index contributed by atoms with van der Waals surface area (Å²) in [4.78, 5) is 11.4. The lowest BCUT2D eigenvalue weighted by Gasteiger charge is -2.00. The maximum atomic E-state index is 11.4. The van der Waals surface area contributed by atoms with Gasteiger partial charge in [0.25, 0.3) is 0 Å². The highest BCUT2D eigenvalue weighted by atomic mass is 79.9. The Labute approximate surface area is 100 Å². The molecule has 2 aromatic rings. The minimum Gasteiger partial charge on any atom is -0.493 e. The van der Waals surface area contributed by atoms with Gasteiger partial charge in [-0.05, 0) is 18.2 Å². The maximum Gasteiger partial charge on any atom is 0.211 e. The van der Waals surface area contributed by atoms with Gasteiger partial charge >= 0.3 is 0 Å². The van der Waals surface area contributed by atoms with Gasteiger partial charge in [-0.1, -0.05) is 15.9 Å². The summed E-state index contributed by atoms with van der Waals surface area (Å²) < 4.78 is 11.4. The minimum atomic E-state index is -0.231. The fourth-order valence-corrected chi connectivity index (χ4v) is 1.89. The molecule has 2 rings (SSSR count). The molecule has 4 nitrogen and oxygen atoms in total. The molecule has 84 valence electrons. The number of methoxy groups -OCH3 is 1. The van der Waals surface area contributed by atoms with E-state index in [2.05, 4.69) is 15.9 Å². The molecule has 0 saturated heterocycles. The smallest absolute Gasteiger partial charge is 0.211 e. The van der Waals surface area contributed by atoms with Gasteiger partial charge in [-0.2, -0.15) is 0 Å². The third-order valence-electron chi connectivity index (χ3n) is 2.27. The molecule has 1 heterocycles. The van der Waals surface area contributed by atoms with Gasteiger partial charge in [-0.3, -0.25) is 4.79 Å². The molecule has 0 unspecified atom stereocenters. The number of hydrogen-bond acceptors (Lipinski definition) is 4. The molecule has 0 aliphatic carbocycles. The van der Waals surface area contributed by atoms with E-state index in [0.717, 1.165) is 9.86 Å². The Bertz CT molecular complexity index is 547. The molecular formula is C11H10BrNO3. The van der Waals surface area contributed by atoms with Gasteiger partial charge < -0.3 is 14.9 Å². The highest BCUT2D eigenvalue weighted by Gasteiger charge is 2.15. The molecule has 2 N–H and O–H groups in total. The molecule has 0 aliphatic heterocycles. The fraction of sp³-hybridized carbons (Fsp3) is 0.182. The van der Waals surface area contributed by atoms with E-state index in [1.807, 2.05) is 6.07 Å². The molecule has 1 aromatic carbocycles. The lowest BCUT2D eigenvalue weighted by molar-refractivity contribution is 0.0977. The first-order valence-electron chi connectivity index (χ1n) is 4.66. The van der Waals surface area contributed by atoms with E-state index in [-0.39, 0.29) is 18.1 Å². The number of halogens is 1. The largest absolute Gasteiger partial charge is 0.493 e. The summed E-state index contributed by atoms with van der Waals surface area (Å²) >= 11 is 3.39. The summed E-state index contributed by atoms with van der Waals surface area (Å²) in [6.07, 6.45) is 0. The van der Waals surface area contributed by atoms with Gasteiger partial charge in [0.1, 0.15) is 0 Å². The van der Waals surface area contributed by atoms with Crippen LogP contribution in [-0.2, 0) is 0 Å². The number of fused-ring (bicyclic) bond motifs is 1. The van der Waals surface area contributed by atoms with Crippen LogP contribution in [0.5, 0.6) is 5.75 Å². The molecule has 16 heavy (non-hydrogen) atoms. The monoisotopic (exact) mass is 283 g/mol. The maximum absolute atomic E-state index is 11.4. The molecule has 0 fully saturated rings. The number of benzene rings is 1. The summed E-state index contributed by atoms with van der Waals surface area (Å²) in [5, 5.41) is 0.802. The van der Waals surface area contributed by atoms with E-state index >= 15 is 0 Å². The number of Topliss-reactive ketones (excluding diaryl/α,β-unsaturated/α-hetero) is 1. The van der Waals surface area contributed by atoms with Crippen LogP contribution in [0.15, 0.2) is 27.1 Å². The van der Waals surface area contributed by atoms with Crippen molar-refractivity contribution in [1.82, 2.24) is 0 Å². The quantitative estimate of drug-likeness (QED) is 0.878. The SMILES string of the molecule is COc1ccc(Br)c2cc(C(=O)CN)oc12. The first-order chi connectivity index (χ1) is 7.67. The molecule has 0 saturated carbocycles. The van der Waals surface area contributed by atoms with Crippen LogP contribution < -0.4 is 10.5 Å². The Morgan fingerprint density at radius 1 is 1.56 bits per heavy atom. The summed E-state index contributed by atoms with van der Waals surface area (Å²) in [7, 11) is 1.55. The molecular weight excluding hydrogens is 274 g/mol. The number of carbonyl (C=O) groups excluding carboxylic acids is 1. The summed E-state index contributed by atoms with van der Waals surface area (Å²) in [6, 6.07) is 5.27. The predicted octanol–water partition coefficient (Wildman–Crippen LogP) is 2.35. The number of rotatable bonds is 3. The van der Waals surface area contributed by atoms with Crippen molar-refractivity contribution in [2.45, 2.75) is 0 Å². The third kappa shape index (κ3) is 1.72. The van der Waals surface area contributed by atoms with Crippen LogP contribution in [0.3, 0.4) is 0 Å². The fourth-order valence-electron chi connectivity index (χ4n) is 1.46. The molecule has 0 spiro atoms. The average molecular weight is 284 g/mol. The van der Waals surface area contributed by atoms with Crippen molar-refractivity contribution in [3.8, 4) is 5.75 Å². The lowest BCUT2D eigenvalue weighted by Crippen LogP contribution is -2.12. The number of ether oxygens (including phenoxy) is 1. The van der Waals surface area contributed by atoms with Crippen molar-refractivity contribution in [2.75, 3.05) is 13.7 Å². The highest BCUT2D eigenvalue weighted by molar-refractivity contribution is 9.10. The van der Waals surface area contributed by atoms with E-state index < -0.39 is 0 Å². The van der Waals surface area contributed by atoms with Gasteiger partial charge in [0, 0.05) is 9.86 Å². The van der Waals surface area contributed by atoms with Crippen LogP contribution in [0.4, 0.5) is 0 Å². The van der Waals surface area contributed by atoms with Crippen molar-refractivity contribution >= 4 is 32.7 Å². The van der Waals surface area contributed by atoms with Gasteiger partial charge in [-0.25, -0.2) is 0 Å².